The monoisotopic (exact) mass is 253 g/mol. The van der Waals surface area contributed by atoms with Gasteiger partial charge in [0.15, 0.2) is 5.78 Å². The van der Waals surface area contributed by atoms with E-state index in [0.717, 1.165) is 5.56 Å². The van der Waals surface area contributed by atoms with Gasteiger partial charge in [-0.05, 0) is 43.9 Å². The van der Waals surface area contributed by atoms with Crippen molar-refractivity contribution in [1.29, 1.82) is 0 Å². The van der Waals surface area contributed by atoms with E-state index in [-0.39, 0.29) is 11.3 Å². The van der Waals surface area contributed by atoms with Crippen LogP contribution in [-0.4, -0.2) is 25.5 Å². The summed E-state index contributed by atoms with van der Waals surface area (Å²) in [6.07, 6.45) is 1.19. The fourth-order valence-corrected chi connectivity index (χ4v) is 1.99. The maximum Gasteiger partial charge on any atom is 0.182 e. The third-order valence-corrected chi connectivity index (χ3v) is 2.88. The highest BCUT2D eigenvalue weighted by molar-refractivity contribution is 6.01. The van der Waals surface area contributed by atoms with Crippen molar-refractivity contribution in [2.24, 2.45) is 5.73 Å². The molecule has 0 heterocycles. The van der Waals surface area contributed by atoms with Crippen LogP contribution in [0.2, 0.25) is 0 Å². The van der Waals surface area contributed by atoms with E-state index < -0.39 is 11.9 Å². The average Bonchev–Trinajstić information content (AvgIpc) is 2.27. The largest absolute Gasteiger partial charge is 0.385 e. The second kappa shape index (κ2) is 6.61. The molecule has 1 aromatic rings. The van der Waals surface area contributed by atoms with Gasteiger partial charge in [-0.25, -0.2) is 4.39 Å². The third-order valence-electron chi connectivity index (χ3n) is 2.88. The molecule has 1 aromatic carbocycles. The molecule has 0 aliphatic carbocycles. The normalized spacial score (nSPS) is 12.5. The number of benzene rings is 1. The molecule has 0 saturated heterocycles. The van der Waals surface area contributed by atoms with E-state index in [0.29, 0.717) is 25.0 Å². The summed E-state index contributed by atoms with van der Waals surface area (Å²) in [5.74, 6) is -0.819. The van der Waals surface area contributed by atoms with Gasteiger partial charge in [0, 0.05) is 13.7 Å². The van der Waals surface area contributed by atoms with Crippen molar-refractivity contribution in [2.45, 2.75) is 32.7 Å². The lowest BCUT2D eigenvalue weighted by molar-refractivity contribution is 0.0946. The third kappa shape index (κ3) is 3.62. The number of ether oxygens (including phenoxy) is 1. The van der Waals surface area contributed by atoms with E-state index >= 15 is 0 Å². The molecule has 0 radical (unpaired) electrons. The van der Waals surface area contributed by atoms with Crippen molar-refractivity contribution < 1.29 is 13.9 Å². The Morgan fingerprint density at radius 2 is 2.11 bits per heavy atom. The molecular weight excluding hydrogens is 233 g/mol. The van der Waals surface area contributed by atoms with E-state index in [2.05, 4.69) is 0 Å². The van der Waals surface area contributed by atoms with E-state index in [9.17, 15) is 9.18 Å². The highest BCUT2D eigenvalue weighted by Crippen LogP contribution is 2.18. The van der Waals surface area contributed by atoms with Gasteiger partial charge in [-0.2, -0.15) is 0 Å². The number of carbonyl (C=O) groups excluding carboxylic acids is 1. The second-order valence-electron chi connectivity index (χ2n) is 4.54. The Kier molecular flexibility index (Phi) is 5.44. The lowest BCUT2D eigenvalue weighted by atomic mass is 9.95. The number of carbonyl (C=O) groups is 1. The number of hydrogen-bond donors (Lipinski definition) is 1. The minimum atomic E-state index is -0.670. The zero-order chi connectivity index (χ0) is 13.7. The Morgan fingerprint density at radius 1 is 1.44 bits per heavy atom. The van der Waals surface area contributed by atoms with Crippen molar-refractivity contribution in [2.75, 3.05) is 13.7 Å². The first kappa shape index (κ1) is 14.8. The van der Waals surface area contributed by atoms with Gasteiger partial charge in [0.2, 0.25) is 0 Å². The first-order valence-electron chi connectivity index (χ1n) is 6.02. The van der Waals surface area contributed by atoms with Gasteiger partial charge in [-0.3, -0.25) is 4.79 Å². The average molecular weight is 253 g/mol. The highest BCUT2D eigenvalue weighted by atomic mass is 19.1. The summed E-state index contributed by atoms with van der Waals surface area (Å²) in [7, 11) is 1.59. The highest BCUT2D eigenvalue weighted by Gasteiger charge is 2.21. The summed E-state index contributed by atoms with van der Waals surface area (Å²) >= 11 is 0. The molecule has 0 fully saturated rings. The zero-order valence-corrected chi connectivity index (χ0v) is 11.1. The van der Waals surface area contributed by atoms with Crippen LogP contribution >= 0.6 is 0 Å². The van der Waals surface area contributed by atoms with E-state index in [1.807, 2.05) is 0 Å². The van der Waals surface area contributed by atoms with Gasteiger partial charge in [-0.15, -0.1) is 0 Å². The minimum absolute atomic E-state index is 0.116. The lowest BCUT2D eigenvalue weighted by Gasteiger charge is -2.13. The molecule has 0 aliphatic heterocycles. The second-order valence-corrected chi connectivity index (χ2v) is 4.54. The number of halogens is 1. The number of methoxy groups -OCH3 is 1. The van der Waals surface area contributed by atoms with Gasteiger partial charge >= 0.3 is 0 Å². The van der Waals surface area contributed by atoms with E-state index in [1.54, 1.807) is 27.0 Å². The van der Waals surface area contributed by atoms with Crippen LogP contribution < -0.4 is 5.73 Å². The van der Waals surface area contributed by atoms with Crippen LogP contribution in [0.4, 0.5) is 4.39 Å². The molecule has 0 aliphatic rings. The van der Waals surface area contributed by atoms with Gasteiger partial charge < -0.3 is 10.5 Å². The Balaban J connectivity index is 2.83. The first-order valence-corrected chi connectivity index (χ1v) is 6.02. The molecule has 0 aromatic heterocycles. The van der Waals surface area contributed by atoms with Crippen LogP contribution in [-0.2, 0) is 4.74 Å². The topological polar surface area (TPSA) is 52.3 Å². The zero-order valence-electron chi connectivity index (χ0n) is 11.1. The summed E-state index contributed by atoms with van der Waals surface area (Å²) in [5.41, 5.74) is 7.35. The quantitative estimate of drug-likeness (QED) is 0.625. The smallest absolute Gasteiger partial charge is 0.182 e. The molecule has 3 nitrogen and oxygen atoms in total. The molecule has 0 spiro atoms. The van der Waals surface area contributed by atoms with Crippen molar-refractivity contribution >= 4 is 5.78 Å². The van der Waals surface area contributed by atoms with Crippen LogP contribution in [0, 0.1) is 19.7 Å². The Hall–Kier alpha value is -1.26. The van der Waals surface area contributed by atoms with Crippen molar-refractivity contribution in [3.8, 4) is 0 Å². The lowest BCUT2D eigenvalue weighted by Crippen LogP contribution is -2.32. The maximum absolute atomic E-state index is 13.8. The number of aryl methyl sites for hydroxylation is 2. The van der Waals surface area contributed by atoms with Crippen molar-refractivity contribution in [3.05, 3.63) is 34.6 Å². The van der Waals surface area contributed by atoms with Gasteiger partial charge in [0.05, 0.1) is 11.6 Å². The molecule has 0 saturated carbocycles. The molecule has 100 valence electrons. The molecule has 0 bridgehead atoms. The Bertz CT molecular complexity index is 409. The SMILES string of the molecule is COCCCC(N)C(=O)c1c(C)cc(C)cc1F. The Morgan fingerprint density at radius 3 is 2.67 bits per heavy atom. The summed E-state index contributed by atoms with van der Waals surface area (Å²) in [4.78, 5) is 12.1. The predicted molar refractivity (Wildman–Crippen MR) is 69.3 cm³/mol. The molecule has 4 heteroatoms. The van der Waals surface area contributed by atoms with Gasteiger partial charge in [0.1, 0.15) is 5.82 Å². The number of rotatable bonds is 6. The van der Waals surface area contributed by atoms with Crippen LogP contribution in [0.25, 0.3) is 0 Å². The van der Waals surface area contributed by atoms with Crippen molar-refractivity contribution in [1.82, 2.24) is 0 Å². The summed E-state index contributed by atoms with van der Waals surface area (Å²) in [6, 6.07) is 2.48. The molecule has 2 N–H and O–H groups in total. The van der Waals surface area contributed by atoms with Crippen LogP contribution in [0.15, 0.2) is 12.1 Å². The molecular formula is C14H20FNO2. The van der Waals surface area contributed by atoms with Crippen LogP contribution in [0.1, 0.15) is 34.3 Å². The number of hydrogen-bond acceptors (Lipinski definition) is 3. The molecule has 18 heavy (non-hydrogen) atoms. The number of Topliss-reactive ketones (excluding diaryl/α,β-unsaturated/α-hetero) is 1. The van der Waals surface area contributed by atoms with E-state index in [1.165, 1.54) is 6.07 Å². The maximum atomic E-state index is 13.8. The molecule has 1 atom stereocenters. The molecule has 0 amide bonds. The van der Waals surface area contributed by atoms with Gasteiger partial charge in [-0.1, -0.05) is 6.07 Å². The first-order chi connectivity index (χ1) is 8.47. The summed E-state index contributed by atoms with van der Waals surface area (Å²) in [6.45, 7) is 4.07. The van der Waals surface area contributed by atoms with Gasteiger partial charge in [0.25, 0.3) is 0 Å². The van der Waals surface area contributed by atoms with Crippen LogP contribution in [0.5, 0.6) is 0 Å². The Labute approximate surface area is 107 Å². The standard InChI is InChI=1S/C14H20FNO2/c1-9-7-10(2)13(11(15)8-9)14(17)12(16)5-4-6-18-3/h7-8,12H,4-6,16H2,1-3H3. The minimum Gasteiger partial charge on any atom is -0.385 e. The van der Waals surface area contributed by atoms with E-state index in [4.69, 9.17) is 10.5 Å². The number of nitrogens with two attached hydrogens (primary N) is 1. The van der Waals surface area contributed by atoms with Crippen molar-refractivity contribution in [3.63, 3.8) is 0 Å². The van der Waals surface area contributed by atoms with Crippen LogP contribution in [0.3, 0.4) is 0 Å². The summed E-state index contributed by atoms with van der Waals surface area (Å²) in [5, 5.41) is 0. The fourth-order valence-electron chi connectivity index (χ4n) is 1.99. The number of ketones is 1. The molecule has 1 rings (SSSR count). The fraction of sp³-hybridized carbons (Fsp3) is 0.500. The summed E-state index contributed by atoms with van der Waals surface area (Å²) < 4.78 is 18.7. The molecule has 1 unspecified atom stereocenters. The predicted octanol–water partition coefficient (Wildman–Crippen LogP) is 2.38.